The van der Waals surface area contributed by atoms with Crippen molar-refractivity contribution in [2.45, 2.75) is 6.92 Å². The molecular formula is C16H11BrFNO. The molecule has 0 unspecified atom stereocenters. The highest BCUT2D eigenvalue weighted by Gasteiger charge is 2.18. The minimum Gasteiger partial charge on any atom is -0.360 e. The Kier molecular flexibility index (Phi) is 3.18. The van der Waals surface area contributed by atoms with Crippen LogP contribution in [0.1, 0.15) is 21.5 Å². The number of fused-ring (bicyclic) bond motifs is 1. The fourth-order valence-corrected chi connectivity index (χ4v) is 2.62. The van der Waals surface area contributed by atoms with Crippen molar-refractivity contribution in [3.05, 3.63) is 69.6 Å². The lowest BCUT2D eigenvalue weighted by atomic mass is 10.0. The van der Waals surface area contributed by atoms with Crippen molar-refractivity contribution in [2.75, 3.05) is 0 Å². The molecular weight excluding hydrogens is 321 g/mol. The minimum absolute atomic E-state index is 0.105. The highest BCUT2D eigenvalue weighted by Crippen LogP contribution is 2.25. The number of aryl methyl sites for hydroxylation is 1. The van der Waals surface area contributed by atoms with Crippen LogP contribution < -0.4 is 0 Å². The topological polar surface area (TPSA) is 32.9 Å². The lowest BCUT2D eigenvalue weighted by molar-refractivity contribution is 0.103. The number of halogens is 2. The summed E-state index contributed by atoms with van der Waals surface area (Å²) in [6.07, 6.45) is 1.63. The predicted octanol–water partition coefficient (Wildman–Crippen LogP) is 4.61. The van der Waals surface area contributed by atoms with Crippen LogP contribution in [-0.2, 0) is 0 Å². The van der Waals surface area contributed by atoms with E-state index in [0.717, 1.165) is 15.4 Å². The molecule has 3 rings (SSSR count). The van der Waals surface area contributed by atoms with Gasteiger partial charge in [-0.15, -0.1) is 0 Å². The first-order valence-electron chi connectivity index (χ1n) is 6.14. The van der Waals surface area contributed by atoms with Crippen LogP contribution in [0.3, 0.4) is 0 Å². The molecule has 0 atom stereocenters. The van der Waals surface area contributed by atoms with Gasteiger partial charge in [0.15, 0.2) is 5.78 Å². The van der Waals surface area contributed by atoms with Gasteiger partial charge in [0.1, 0.15) is 5.82 Å². The zero-order valence-electron chi connectivity index (χ0n) is 10.7. The SMILES string of the molecule is Cc1cccc(C(=O)c2c[nH]c3cc(Br)ccc23)c1F. The molecule has 0 fully saturated rings. The predicted molar refractivity (Wildman–Crippen MR) is 80.6 cm³/mol. The molecule has 0 aliphatic rings. The van der Waals surface area contributed by atoms with Gasteiger partial charge in [-0.25, -0.2) is 4.39 Å². The number of H-pyrrole nitrogens is 1. The van der Waals surface area contributed by atoms with Crippen LogP contribution in [0.5, 0.6) is 0 Å². The average molecular weight is 332 g/mol. The van der Waals surface area contributed by atoms with Crippen molar-refractivity contribution in [1.29, 1.82) is 0 Å². The number of carbonyl (C=O) groups excluding carboxylic acids is 1. The molecule has 3 aromatic rings. The number of rotatable bonds is 2. The Hall–Kier alpha value is -1.94. The molecule has 0 spiro atoms. The second-order valence-corrected chi connectivity index (χ2v) is 5.57. The fourth-order valence-electron chi connectivity index (χ4n) is 2.25. The van der Waals surface area contributed by atoms with E-state index in [1.807, 2.05) is 18.2 Å². The minimum atomic E-state index is -0.455. The van der Waals surface area contributed by atoms with Gasteiger partial charge in [-0.1, -0.05) is 34.1 Å². The largest absolute Gasteiger partial charge is 0.360 e. The molecule has 4 heteroatoms. The van der Waals surface area contributed by atoms with Crippen LogP contribution >= 0.6 is 15.9 Å². The van der Waals surface area contributed by atoms with E-state index in [4.69, 9.17) is 0 Å². The maximum absolute atomic E-state index is 14.1. The molecule has 0 saturated carbocycles. The van der Waals surface area contributed by atoms with E-state index in [0.29, 0.717) is 11.1 Å². The summed E-state index contributed by atoms with van der Waals surface area (Å²) in [4.78, 5) is 15.5. The molecule has 100 valence electrons. The zero-order valence-corrected chi connectivity index (χ0v) is 12.3. The van der Waals surface area contributed by atoms with E-state index in [1.54, 1.807) is 25.3 Å². The number of hydrogen-bond donors (Lipinski definition) is 1. The van der Waals surface area contributed by atoms with Crippen LogP contribution in [0.25, 0.3) is 10.9 Å². The van der Waals surface area contributed by atoms with Gasteiger partial charge in [0.25, 0.3) is 0 Å². The number of aromatic nitrogens is 1. The molecule has 2 aromatic carbocycles. The van der Waals surface area contributed by atoms with E-state index in [1.165, 1.54) is 6.07 Å². The summed E-state index contributed by atoms with van der Waals surface area (Å²) in [6.45, 7) is 1.65. The van der Waals surface area contributed by atoms with Crippen LogP contribution in [0.15, 0.2) is 47.1 Å². The van der Waals surface area contributed by atoms with Gasteiger partial charge in [0.2, 0.25) is 0 Å². The monoisotopic (exact) mass is 331 g/mol. The van der Waals surface area contributed by atoms with Crippen molar-refractivity contribution in [3.63, 3.8) is 0 Å². The molecule has 20 heavy (non-hydrogen) atoms. The van der Waals surface area contributed by atoms with Crippen LogP contribution in [0.2, 0.25) is 0 Å². The van der Waals surface area contributed by atoms with Crippen molar-refractivity contribution < 1.29 is 9.18 Å². The van der Waals surface area contributed by atoms with E-state index in [-0.39, 0.29) is 11.3 Å². The molecule has 0 saturated heterocycles. The molecule has 0 amide bonds. The van der Waals surface area contributed by atoms with Gasteiger partial charge in [-0.2, -0.15) is 0 Å². The zero-order chi connectivity index (χ0) is 14.3. The maximum Gasteiger partial charge on any atom is 0.198 e. The van der Waals surface area contributed by atoms with Gasteiger partial charge >= 0.3 is 0 Å². The van der Waals surface area contributed by atoms with Crippen molar-refractivity contribution in [1.82, 2.24) is 4.98 Å². The lowest BCUT2D eigenvalue weighted by Gasteiger charge is -2.04. The summed E-state index contributed by atoms with van der Waals surface area (Å²) >= 11 is 3.38. The Balaban J connectivity index is 2.16. The molecule has 1 heterocycles. The van der Waals surface area contributed by atoms with Crippen molar-refractivity contribution in [3.8, 4) is 0 Å². The van der Waals surface area contributed by atoms with Crippen molar-refractivity contribution >= 4 is 32.6 Å². The third-order valence-electron chi connectivity index (χ3n) is 3.32. The van der Waals surface area contributed by atoms with Gasteiger partial charge in [0.05, 0.1) is 5.56 Å². The standard InChI is InChI=1S/C16H11BrFNO/c1-9-3-2-4-12(15(9)18)16(20)13-8-19-14-7-10(17)5-6-11(13)14/h2-8,19H,1H3. The third kappa shape index (κ3) is 2.06. The number of carbonyl (C=O) groups is 1. The van der Waals surface area contributed by atoms with E-state index in [2.05, 4.69) is 20.9 Å². The Morgan fingerprint density at radius 2 is 2.00 bits per heavy atom. The molecule has 0 aliphatic heterocycles. The highest BCUT2D eigenvalue weighted by molar-refractivity contribution is 9.10. The van der Waals surface area contributed by atoms with Crippen LogP contribution in [-0.4, -0.2) is 10.8 Å². The number of aromatic amines is 1. The Morgan fingerprint density at radius 1 is 1.20 bits per heavy atom. The van der Waals surface area contributed by atoms with E-state index in [9.17, 15) is 9.18 Å². The number of benzene rings is 2. The first kappa shape index (κ1) is 13.1. The van der Waals surface area contributed by atoms with Gasteiger partial charge in [-0.05, 0) is 30.7 Å². The Labute approximate surface area is 123 Å². The smallest absolute Gasteiger partial charge is 0.198 e. The third-order valence-corrected chi connectivity index (χ3v) is 3.82. The summed E-state index contributed by atoms with van der Waals surface area (Å²) in [5.74, 6) is -0.760. The van der Waals surface area contributed by atoms with Crippen LogP contribution in [0, 0.1) is 12.7 Å². The molecule has 0 bridgehead atoms. The summed E-state index contributed by atoms with van der Waals surface area (Å²) in [5.41, 5.74) is 1.90. The van der Waals surface area contributed by atoms with Crippen LogP contribution in [0.4, 0.5) is 4.39 Å². The number of hydrogen-bond acceptors (Lipinski definition) is 1. The summed E-state index contributed by atoms with van der Waals surface area (Å²) in [5, 5.41) is 0.791. The first-order valence-corrected chi connectivity index (χ1v) is 6.93. The quantitative estimate of drug-likeness (QED) is 0.683. The molecule has 2 nitrogen and oxygen atoms in total. The summed E-state index contributed by atoms with van der Waals surface area (Å²) < 4.78 is 15.0. The number of nitrogens with one attached hydrogen (secondary N) is 1. The average Bonchev–Trinajstić information content (AvgIpc) is 2.84. The van der Waals surface area contributed by atoms with Gasteiger partial charge < -0.3 is 4.98 Å². The van der Waals surface area contributed by atoms with Gasteiger partial charge in [-0.3, -0.25) is 4.79 Å². The second kappa shape index (κ2) is 4.87. The Bertz CT molecular complexity index is 822. The van der Waals surface area contributed by atoms with E-state index < -0.39 is 5.82 Å². The normalized spacial score (nSPS) is 10.9. The molecule has 0 radical (unpaired) electrons. The molecule has 1 N–H and O–H groups in total. The first-order chi connectivity index (χ1) is 9.58. The second-order valence-electron chi connectivity index (χ2n) is 4.66. The molecule has 0 aliphatic carbocycles. The Morgan fingerprint density at radius 3 is 2.80 bits per heavy atom. The summed E-state index contributed by atoms with van der Waals surface area (Å²) in [7, 11) is 0. The lowest BCUT2D eigenvalue weighted by Crippen LogP contribution is -2.04. The fraction of sp³-hybridized carbons (Fsp3) is 0.0625. The maximum atomic E-state index is 14.1. The van der Waals surface area contributed by atoms with Crippen molar-refractivity contribution in [2.24, 2.45) is 0 Å². The van der Waals surface area contributed by atoms with Gasteiger partial charge in [0, 0.05) is 27.1 Å². The van der Waals surface area contributed by atoms with E-state index >= 15 is 0 Å². The number of ketones is 1. The highest BCUT2D eigenvalue weighted by atomic mass is 79.9. The molecule has 1 aromatic heterocycles. The summed E-state index contributed by atoms with van der Waals surface area (Å²) in [6, 6.07) is 10.5.